The second-order valence-electron chi connectivity index (χ2n) is 12.2. The molecule has 3 heterocycles. The van der Waals surface area contributed by atoms with Gasteiger partial charge in [0.2, 0.25) is 5.91 Å². The van der Waals surface area contributed by atoms with Crippen LogP contribution in [0.3, 0.4) is 0 Å². The highest BCUT2D eigenvalue weighted by Gasteiger charge is 2.29. The highest BCUT2D eigenvalue weighted by molar-refractivity contribution is 5.96. The number of nitrogen functional groups attached to an aromatic ring is 1. The maximum atomic E-state index is 14.9. The zero-order valence-electron chi connectivity index (χ0n) is 25.6. The zero-order valence-corrected chi connectivity index (χ0v) is 25.6. The number of nitrogens with zero attached hydrogens (tertiary/aromatic N) is 3. The molecule has 4 N–H and O–H groups in total. The van der Waals surface area contributed by atoms with Gasteiger partial charge in [0.1, 0.15) is 5.82 Å². The second-order valence-corrected chi connectivity index (χ2v) is 12.2. The lowest BCUT2D eigenvalue weighted by molar-refractivity contribution is -0.135. The Morgan fingerprint density at radius 2 is 1.59 bits per heavy atom. The summed E-state index contributed by atoms with van der Waals surface area (Å²) >= 11 is 0. The average Bonchev–Trinajstić information content (AvgIpc) is 3.06. The van der Waals surface area contributed by atoms with Crippen LogP contribution < -0.4 is 16.6 Å². The molecular formula is C33H45FN6O4. The maximum Gasteiger partial charge on any atom is 0.265 e. The summed E-state index contributed by atoms with van der Waals surface area (Å²) in [4.78, 5) is 44.3. The number of carbonyl (C=O) groups excluding carboxylic acids is 3. The second kappa shape index (κ2) is 15.1. The van der Waals surface area contributed by atoms with Crippen LogP contribution in [-0.4, -0.2) is 104 Å². The molecule has 0 aliphatic carbocycles. The first-order chi connectivity index (χ1) is 21.3. The summed E-state index contributed by atoms with van der Waals surface area (Å²) in [5, 5.41) is 3.37. The first-order valence-electron chi connectivity index (χ1n) is 15.9. The Labute approximate surface area is 259 Å². The van der Waals surface area contributed by atoms with Crippen LogP contribution in [0.2, 0.25) is 0 Å². The summed E-state index contributed by atoms with van der Waals surface area (Å²) in [6.07, 6.45) is 5.15. The number of ether oxygens (including phenoxy) is 1. The van der Waals surface area contributed by atoms with Crippen LogP contribution in [-0.2, 0) is 16.0 Å². The molecule has 1 atom stereocenters. The number of halogens is 1. The number of likely N-dealkylation sites (tertiary alicyclic amines) is 1. The van der Waals surface area contributed by atoms with Crippen LogP contribution in [0.15, 0.2) is 42.5 Å². The molecule has 10 nitrogen and oxygen atoms in total. The van der Waals surface area contributed by atoms with E-state index >= 15 is 0 Å². The number of hydrogen-bond donors (Lipinski definition) is 3. The molecule has 0 radical (unpaired) electrons. The van der Waals surface area contributed by atoms with Crippen molar-refractivity contribution in [1.82, 2.24) is 25.4 Å². The van der Waals surface area contributed by atoms with Crippen molar-refractivity contribution in [2.24, 2.45) is 5.84 Å². The molecule has 11 heteroatoms. The van der Waals surface area contributed by atoms with Gasteiger partial charge in [0.05, 0.1) is 24.3 Å². The third-order valence-electron chi connectivity index (χ3n) is 9.15. The molecule has 0 aromatic heterocycles. The topological polar surface area (TPSA) is 120 Å². The molecule has 3 aliphatic rings. The molecule has 0 bridgehead atoms. The smallest absolute Gasteiger partial charge is 0.265 e. The lowest BCUT2D eigenvalue weighted by Crippen LogP contribution is -2.53. The number of amides is 3. The Hall–Kier alpha value is -3.38. The van der Waals surface area contributed by atoms with Gasteiger partial charge >= 0.3 is 0 Å². The fraction of sp³-hybridized carbons (Fsp3) is 0.545. The van der Waals surface area contributed by atoms with Gasteiger partial charge in [-0.1, -0.05) is 31.2 Å². The van der Waals surface area contributed by atoms with Gasteiger partial charge in [0.25, 0.3) is 11.8 Å². The Balaban J connectivity index is 1.10. The first kappa shape index (κ1) is 32.0. The van der Waals surface area contributed by atoms with E-state index in [-0.39, 0.29) is 35.3 Å². The third-order valence-corrected chi connectivity index (χ3v) is 9.15. The van der Waals surface area contributed by atoms with Crippen LogP contribution in [0.5, 0.6) is 0 Å². The fourth-order valence-electron chi connectivity index (χ4n) is 6.57. The Morgan fingerprint density at radius 1 is 0.932 bits per heavy atom. The maximum absolute atomic E-state index is 14.9. The average molecular weight is 609 g/mol. The highest BCUT2D eigenvalue weighted by atomic mass is 19.1. The van der Waals surface area contributed by atoms with Gasteiger partial charge in [-0.2, -0.15) is 0 Å². The van der Waals surface area contributed by atoms with E-state index in [1.165, 1.54) is 6.07 Å². The molecule has 238 valence electrons. The van der Waals surface area contributed by atoms with Gasteiger partial charge in [-0.15, -0.1) is 0 Å². The van der Waals surface area contributed by atoms with E-state index in [1.807, 2.05) is 24.0 Å². The van der Waals surface area contributed by atoms with E-state index in [9.17, 15) is 18.8 Å². The van der Waals surface area contributed by atoms with Crippen molar-refractivity contribution in [2.75, 3.05) is 58.9 Å². The van der Waals surface area contributed by atoms with Crippen LogP contribution in [0.4, 0.5) is 4.39 Å². The molecule has 44 heavy (non-hydrogen) atoms. The number of hydrogen-bond acceptors (Lipinski definition) is 7. The summed E-state index contributed by atoms with van der Waals surface area (Å²) in [6, 6.07) is 11.8. The van der Waals surface area contributed by atoms with Gasteiger partial charge in [0.15, 0.2) is 0 Å². The predicted octanol–water partition coefficient (Wildman–Crippen LogP) is 2.29. The highest BCUT2D eigenvalue weighted by Crippen LogP contribution is 2.26. The van der Waals surface area contributed by atoms with Gasteiger partial charge in [0, 0.05) is 44.8 Å². The molecule has 1 unspecified atom stereocenters. The number of piperazine rings is 1. The van der Waals surface area contributed by atoms with E-state index in [0.29, 0.717) is 50.8 Å². The summed E-state index contributed by atoms with van der Waals surface area (Å²) in [5.74, 6) is 4.04. The molecule has 3 saturated heterocycles. The molecule has 0 saturated carbocycles. The van der Waals surface area contributed by atoms with Crippen molar-refractivity contribution in [1.29, 1.82) is 0 Å². The van der Waals surface area contributed by atoms with Crippen LogP contribution in [0, 0.1) is 5.82 Å². The molecule has 0 spiro atoms. The monoisotopic (exact) mass is 608 g/mol. The van der Waals surface area contributed by atoms with Gasteiger partial charge < -0.3 is 19.9 Å². The number of nitrogens with two attached hydrogens (primary N) is 1. The molecule has 3 amide bonds. The predicted molar refractivity (Wildman–Crippen MR) is 166 cm³/mol. The van der Waals surface area contributed by atoms with Gasteiger partial charge in [-0.25, -0.2) is 10.2 Å². The number of carbonyl (C=O) groups is 3. The molecule has 2 aromatic carbocycles. The molecule has 2 aromatic rings. The van der Waals surface area contributed by atoms with Gasteiger partial charge in [-0.3, -0.25) is 24.7 Å². The first-order valence-corrected chi connectivity index (χ1v) is 15.9. The molecule has 3 fully saturated rings. The fourth-order valence-corrected chi connectivity index (χ4v) is 6.57. The number of nitrogens with one attached hydrogen (secondary N) is 2. The van der Waals surface area contributed by atoms with Gasteiger partial charge in [-0.05, 0) is 80.4 Å². The van der Waals surface area contributed by atoms with Crippen LogP contribution in [0.25, 0.3) is 0 Å². The SMILES string of the molecule is CC(Cc1ccc(F)c(C(=O)N2CCN(C(=O)CN3CCC(OC4CCNCC4)CC3)CC2)c1)c1ccccc1C(=O)NN. The lowest BCUT2D eigenvalue weighted by Gasteiger charge is -2.38. The van der Waals surface area contributed by atoms with Crippen LogP contribution in [0.1, 0.15) is 70.4 Å². The summed E-state index contributed by atoms with van der Waals surface area (Å²) in [6.45, 7) is 7.66. The van der Waals surface area contributed by atoms with E-state index < -0.39 is 5.82 Å². The number of hydrazine groups is 1. The van der Waals surface area contributed by atoms with Crippen molar-refractivity contribution in [3.63, 3.8) is 0 Å². The Morgan fingerprint density at radius 3 is 2.30 bits per heavy atom. The van der Waals surface area contributed by atoms with E-state index in [1.54, 1.807) is 29.2 Å². The minimum atomic E-state index is -0.569. The number of piperidine rings is 2. The minimum absolute atomic E-state index is 0.0250. The Kier molecular flexibility index (Phi) is 11.0. The summed E-state index contributed by atoms with van der Waals surface area (Å²) in [5.41, 5.74) is 4.31. The molecule has 5 rings (SSSR count). The van der Waals surface area contributed by atoms with Crippen molar-refractivity contribution in [3.8, 4) is 0 Å². The summed E-state index contributed by atoms with van der Waals surface area (Å²) in [7, 11) is 0. The van der Waals surface area contributed by atoms with Crippen molar-refractivity contribution >= 4 is 17.7 Å². The zero-order chi connectivity index (χ0) is 31.1. The van der Waals surface area contributed by atoms with Crippen molar-refractivity contribution in [3.05, 3.63) is 70.5 Å². The third kappa shape index (κ3) is 8.01. The van der Waals surface area contributed by atoms with E-state index in [2.05, 4.69) is 15.6 Å². The lowest BCUT2D eigenvalue weighted by atomic mass is 9.89. The quantitative estimate of drug-likeness (QED) is 0.227. The number of rotatable bonds is 9. The summed E-state index contributed by atoms with van der Waals surface area (Å²) < 4.78 is 21.2. The normalized spacial score (nSPS) is 19.5. The molecular weight excluding hydrogens is 563 g/mol. The minimum Gasteiger partial charge on any atom is -0.375 e. The van der Waals surface area contributed by atoms with Crippen molar-refractivity contribution in [2.45, 2.75) is 57.2 Å². The number of benzene rings is 2. The standard InChI is InChI=1S/C33H45FN6O4/c1-23(27-4-2-3-5-28(27)32(42)37-35)20-24-6-7-30(34)29(21-24)33(43)40-18-16-39(17-19-40)31(41)22-38-14-10-26(11-15-38)44-25-8-12-36-13-9-25/h2-7,21,23,25-26,36H,8-20,22,35H2,1H3,(H,37,42). The Bertz CT molecular complexity index is 1300. The largest absolute Gasteiger partial charge is 0.375 e. The van der Waals surface area contributed by atoms with E-state index in [4.69, 9.17) is 10.6 Å². The molecule has 3 aliphatic heterocycles. The van der Waals surface area contributed by atoms with E-state index in [0.717, 1.165) is 63.0 Å². The van der Waals surface area contributed by atoms with Crippen molar-refractivity contribution < 1.29 is 23.5 Å². The van der Waals surface area contributed by atoms with Crippen LogP contribution >= 0.6 is 0 Å².